The van der Waals surface area contributed by atoms with Crippen molar-refractivity contribution in [2.24, 2.45) is 0 Å². The van der Waals surface area contributed by atoms with Gasteiger partial charge < -0.3 is 10.2 Å². The summed E-state index contributed by atoms with van der Waals surface area (Å²) >= 11 is 3.47. The highest BCUT2D eigenvalue weighted by Crippen LogP contribution is 2.31. The van der Waals surface area contributed by atoms with E-state index in [0.717, 1.165) is 47.1 Å². The lowest BCUT2D eigenvalue weighted by Gasteiger charge is -2.29. The van der Waals surface area contributed by atoms with Crippen molar-refractivity contribution in [3.63, 3.8) is 0 Å². The van der Waals surface area contributed by atoms with E-state index in [-0.39, 0.29) is 5.91 Å². The summed E-state index contributed by atoms with van der Waals surface area (Å²) in [7, 11) is 2.13. The van der Waals surface area contributed by atoms with Gasteiger partial charge in [0.2, 0.25) is 0 Å². The van der Waals surface area contributed by atoms with Crippen LogP contribution in [0.2, 0.25) is 0 Å². The number of para-hydroxylation sites is 1. The van der Waals surface area contributed by atoms with E-state index in [1.54, 1.807) is 23.1 Å². The van der Waals surface area contributed by atoms with Crippen LogP contribution in [0.15, 0.2) is 52.9 Å². The van der Waals surface area contributed by atoms with Crippen molar-refractivity contribution >= 4 is 39.2 Å². The number of likely N-dealkylation sites (tertiary alicyclic amines) is 1. The summed E-state index contributed by atoms with van der Waals surface area (Å²) in [4.78, 5) is 19.4. The minimum absolute atomic E-state index is 0.0370. The number of nitrogens with zero attached hydrogens (tertiary/aromatic N) is 2. The lowest BCUT2D eigenvalue weighted by molar-refractivity contribution is 0.0917. The number of aromatic nitrogens is 1. The smallest absolute Gasteiger partial charge is 0.251 e. The van der Waals surface area contributed by atoms with Crippen LogP contribution in [-0.2, 0) is 5.75 Å². The Hall–Kier alpha value is -1.89. The van der Waals surface area contributed by atoms with E-state index in [2.05, 4.69) is 28.3 Å². The third-order valence-corrected chi connectivity index (χ3v) is 7.16. The molecule has 1 amide bonds. The summed E-state index contributed by atoms with van der Waals surface area (Å²) in [6.45, 7) is 2.10. The quantitative estimate of drug-likeness (QED) is 0.648. The molecular formula is C21H23N3OS2. The Bertz CT molecular complexity index is 882. The molecule has 1 fully saturated rings. The summed E-state index contributed by atoms with van der Waals surface area (Å²) in [5, 5.41) is 3.17. The lowest BCUT2D eigenvalue weighted by Crippen LogP contribution is -2.43. The minimum Gasteiger partial charge on any atom is -0.349 e. The van der Waals surface area contributed by atoms with Gasteiger partial charge in [0.1, 0.15) is 0 Å². The summed E-state index contributed by atoms with van der Waals surface area (Å²) < 4.78 is 2.31. The number of carbonyl (C=O) groups is 1. The molecule has 6 heteroatoms. The van der Waals surface area contributed by atoms with Gasteiger partial charge in [0.25, 0.3) is 5.91 Å². The molecule has 0 saturated carbocycles. The SMILES string of the molecule is CN1CCC(NC(=O)c2ccc(CSc3nc4ccccc4s3)cc2)CC1. The number of amides is 1. The molecular weight excluding hydrogens is 374 g/mol. The van der Waals surface area contributed by atoms with E-state index in [1.807, 2.05) is 42.5 Å². The molecule has 27 heavy (non-hydrogen) atoms. The van der Waals surface area contributed by atoms with Crippen molar-refractivity contribution in [2.45, 2.75) is 29.0 Å². The lowest BCUT2D eigenvalue weighted by atomic mass is 10.0. The first-order chi connectivity index (χ1) is 13.2. The molecule has 2 aromatic carbocycles. The summed E-state index contributed by atoms with van der Waals surface area (Å²) in [6.07, 6.45) is 2.05. The number of thiazole rings is 1. The molecule has 0 unspecified atom stereocenters. The highest BCUT2D eigenvalue weighted by Gasteiger charge is 2.19. The van der Waals surface area contributed by atoms with E-state index in [1.165, 1.54) is 10.3 Å². The van der Waals surface area contributed by atoms with Gasteiger partial charge in [-0.1, -0.05) is 36.0 Å². The Kier molecular flexibility index (Phi) is 5.76. The van der Waals surface area contributed by atoms with Gasteiger partial charge in [0.15, 0.2) is 4.34 Å². The Morgan fingerprint density at radius 3 is 2.67 bits per heavy atom. The Morgan fingerprint density at radius 2 is 1.93 bits per heavy atom. The van der Waals surface area contributed by atoms with E-state index in [9.17, 15) is 4.79 Å². The molecule has 1 aromatic heterocycles. The number of hydrogen-bond donors (Lipinski definition) is 1. The average molecular weight is 398 g/mol. The van der Waals surface area contributed by atoms with E-state index in [4.69, 9.17) is 0 Å². The molecule has 1 aliphatic rings. The first-order valence-corrected chi connectivity index (χ1v) is 11.0. The van der Waals surface area contributed by atoms with Gasteiger partial charge in [-0.05, 0) is 62.8 Å². The van der Waals surface area contributed by atoms with Gasteiger partial charge in [-0.25, -0.2) is 4.98 Å². The van der Waals surface area contributed by atoms with Gasteiger partial charge in [0.05, 0.1) is 10.2 Å². The first-order valence-electron chi connectivity index (χ1n) is 9.24. The number of benzene rings is 2. The molecule has 0 radical (unpaired) electrons. The summed E-state index contributed by atoms with van der Waals surface area (Å²) in [5.74, 6) is 0.895. The van der Waals surface area contributed by atoms with Crippen molar-refractivity contribution in [3.05, 3.63) is 59.7 Å². The molecule has 1 aliphatic heterocycles. The van der Waals surface area contributed by atoms with Crippen LogP contribution in [0.3, 0.4) is 0 Å². The fourth-order valence-electron chi connectivity index (χ4n) is 3.23. The number of rotatable bonds is 5. The van der Waals surface area contributed by atoms with E-state index in [0.29, 0.717) is 6.04 Å². The third-order valence-electron chi connectivity index (χ3n) is 4.91. The molecule has 4 rings (SSSR count). The van der Waals surface area contributed by atoms with Crippen molar-refractivity contribution in [1.29, 1.82) is 0 Å². The Labute approximate surface area is 168 Å². The highest BCUT2D eigenvalue weighted by molar-refractivity contribution is 8.00. The standard InChI is InChI=1S/C21H23N3OS2/c1-24-12-10-17(11-13-24)22-20(25)16-8-6-15(7-9-16)14-26-21-23-18-4-2-3-5-19(18)27-21/h2-9,17H,10-14H2,1H3,(H,22,25). The average Bonchev–Trinajstić information content (AvgIpc) is 3.11. The van der Waals surface area contributed by atoms with Gasteiger partial charge in [-0.15, -0.1) is 11.3 Å². The second kappa shape index (κ2) is 8.42. The van der Waals surface area contributed by atoms with Crippen LogP contribution in [0, 0.1) is 0 Å². The maximum Gasteiger partial charge on any atom is 0.251 e. The molecule has 140 valence electrons. The fourth-order valence-corrected chi connectivity index (χ4v) is 5.26. The Morgan fingerprint density at radius 1 is 1.19 bits per heavy atom. The number of hydrogen-bond acceptors (Lipinski definition) is 5. The summed E-state index contributed by atoms with van der Waals surface area (Å²) in [5.41, 5.74) is 3.00. The van der Waals surface area contributed by atoms with E-state index < -0.39 is 0 Å². The van der Waals surface area contributed by atoms with Gasteiger partial charge in [-0.2, -0.15) is 0 Å². The maximum absolute atomic E-state index is 12.4. The van der Waals surface area contributed by atoms with Crippen LogP contribution < -0.4 is 5.32 Å². The van der Waals surface area contributed by atoms with Crippen LogP contribution in [0.5, 0.6) is 0 Å². The van der Waals surface area contributed by atoms with Gasteiger partial charge in [0, 0.05) is 17.4 Å². The molecule has 0 aliphatic carbocycles. The highest BCUT2D eigenvalue weighted by atomic mass is 32.2. The molecule has 0 spiro atoms. The number of thioether (sulfide) groups is 1. The summed E-state index contributed by atoms with van der Waals surface area (Å²) in [6, 6.07) is 16.5. The topological polar surface area (TPSA) is 45.2 Å². The molecule has 0 bridgehead atoms. The van der Waals surface area contributed by atoms with Gasteiger partial charge in [-0.3, -0.25) is 4.79 Å². The zero-order chi connectivity index (χ0) is 18.6. The number of nitrogens with one attached hydrogen (secondary N) is 1. The number of fused-ring (bicyclic) bond motifs is 1. The van der Waals surface area contributed by atoms with Crippen LogP contribution in [0.25, 0.3) is 10.2 Å². The third kappa shape index (κ3) is 4.69. The predicted octanol–water partition coefficient (Wildman–Crippen LogP) is 4.41. The molecule has 1 saturated heterocycles. The zero-order valence-electron chi connectivity index (χ0n) is 15.4. The molecule has 3 aromatic rings. The van der Waals surface area contributed by atoms with Gasteiger partial charge >= 0.3 is 0 Å². The molecule has 4 nitrogen and oxygen atoms in total. The van der Waals surface area contributed by atoms with Crippen molar-refractivity contribution in [2.75, 3.05) is 20.1 Å². The normalized spacial score (nSPS) is 15.9. The van der Waals surface area contributed by atoms with Crippen molar-refractivity contribution in [3.8, 4) is 0 Å². The first kappa shape index (κ1) is 18.5. The molecule has 0 atom stereocenters. The molecule has 2 heterocycles. The molecule has 1 N–H and O–H groups in total. The minimum atomic E-state index is 0.0370. The largest absolute Gasteiger partial charge is 0.349 e. The monoisotopic (exact) mass is 397 g/mol. The number of piperidine rings is 1. The fraction of sp³-hybridized carbons (Fsp3) is 0.333. The second-order valence-corrected chi connectivity index (χ2v) is 9.24. The second-order valence-electron chi connectivity index (χ2n) is 6.98. The predicted molar refractivity (Wildman–Crippen MR) is 114 cm³/mol. The van der Waals surface area contributed by atoms with Crippen molar-refractivity contribution < 1.29 is 4.79 Å². The number of carbonyl (C=O) groups excluding carboxylic acids is 1. The van der Waals surface area contributed by atoms with Crippen molar-refractivity contribution in [1.82, 2.24) is 15.2 Å². The Balaban J connectivity index is 1.32. The van der Waals surface area contributed by atoms with Crippen LogP contribution in [0.1, 0.15) is 28.8 Å². The van der Waals surface area contributed by atoms with Crippen LogP contribution in [-0.4, -0.2) is 42.0 Å². The van der Waals surface area contributed by atoms with Crippen LogP contribution in [0.4, 0.5) is 0 Å². The zero-order valence-corrected chi connectivity index (χ0v) is 17.0. The van der Waals surface area contributed by atoms with Crippen LogP contribution >= 0.6 is 23.1 Å². The maximum atomic E-state index is 12.4. The van der Waals surface area contributed by atoms with E-state index >= 15 is 0 Å².